The normalized spacial score (nSPS) is 10.8. The molecule has 0 fully saturated rings. The van der Waals surface area contributed by atoms with Crippen LogP contribution in [0.5, 0.6) is 5.75 Å². The summed E-state index contributed by atoms with van der Waals surface area (Å²) in [5, 5.41) is 13.3. The highest BCUT2D eigenvalue weighted by Gasteiger charge is 2.15. The highest BCUT2D eigenvalue weighted by Crippen LogP contribution is 2.32. The first-order chi connectivity index (χ1) is 10.1. The highest BCUT2D eigenvalue weighted by atomic mass is 35.5. The van der Waals surface area contributed by atoms with Crippen molar-refractivity contribution in [3.63, 3.8) is 0 Å². The summed E-state index contributed by atoms with van der Waals surface area (Å²) in [6.07, 6.45) is 0. The van der Waals surface area contributed by atoms with Crippen molar-refractivity contribution in [2.75, 3.05) is 5.73 Å². The molecule has 1 heterocycles. The lowest BCUT2D eigenvalue weighted by molar-refractivity contribution is 0.430. The van der Waals surface area contributed by atoms with Gasteiger partial charge in [0.25, 0.3) is 5.89 Å². The molecule has 3 rings (SSSR count). The molecule has 0 spiro atoms. The fourth-order valence-electron chi connectivity index (χ4n) is 1.82. The summed E-state index contributed by atoms with van der Waals surface area (Å²) in [7, 11) is 0. The Bertz CT molecular complexity index is 820. The van der Waals surface area contributed by atoms with Crippen LogP contribution in [-0.2, 0) is 0 Å². The fraction of sp³-hybridized carbons (Fsp3) is 0. The maximum absolute atomic E-state index is 13.3. The number of nitrogens with zero attached hydrogens (tertiary/aromatic N) is 2. The zero-order valence-corrected chi connectivity index (χ0v) is 11.3. The summed E-state index contributed by atoms with van der Waals surface area (Å²) in [5.41, 5.74) is 7.06. The molecular formula is C14H9ClFN3O2. The summed E-state index contributed by atoms with van der Waals surface area (Å²) in [4.78, 5) is 4.16. The Morgan fingerprint density at radius 3 is 2.81 bits per heavy atom. The third-order valence-electron chi connectivity index (χ3n) is 2.92. The van der Waals surface area contributed by atoms with Crippen molar-refractivity contribution in [3.8, 4) is 28.6 Å². The van der Waals surface area contributed by atoms with Crippen molar-refractivity contribution in [1.82, 2.24) is 10.1 Å². The summed E-state index contributed by atoms with van der Waals surface area (Å²) >= 11 is 5.93. The van der Waals surface area contributed by atoms with Gasteiger partial charge in [0.05, 0.1) is 16.3 Å². The molecule has 0 amide bonds. The number of halogens is 2. The molecule has 0 saturated carbocycles. The van der Waals surface area contributed by atoms with Gasteiger partial charge in [-0.3, -0.25) is 0 Å². The Kier molecular flexibility index (Phi) is 3.23. The molecule has 0 aliphatic rings. The molecule has 0 unspecified atom stereocenters. The minimum absolute atomic E-state index is 0.179. The van der Waals surface area contributed by atoms with E-state index in [4.69, 9.17) is 21.9 Å². The SMILES string of the molecule is Nc1c(Cl)cccc1-c1nc(-c2ccc(O)c(F)c2)no1. The van der Waals surface area contributed by atoms with E-state index in [0.717, 1.165) is 6.07 Å². The lowest BCUT2D eigenvalue weighted by atomic mass is 10.1. The third kappa shape index (κ3) is 2.41. The monoisotopic (exact) mass is 305 g/mol. The molecule has 0 atom stereocenters. The van der Waals surface area contributed by atoms with Gasteiger partial charge in [0.15, 0.2) is 11.6 Å². The summed E-state index contributed by atoms with van der Waals surface area (Å²) in [6, 6.07) is 8.86. The van der Waals surface area contributed by atoms with E-state index < -0.39 is 11.6 Å². The predicted octanol–water partition coefficient (Wildman–Crippen LogP) is 3.48. The van der Waals surface area contributed by atoms with Crippen molar-refractivity contribution < 1.29 is 14.0 Å². The largest absolute Gasteiger partial charge is 0.505 e. The van der Waals surface area contributed by atoms with E-state index in [1.807, 2.05) is 0 Å². The molecule has 106 valence electrons. The van der Waals surface area contributed by atoms with E-state index >= 15 is 0 Å². The quantitative estimate of drug-likeness (QED) is 0.708. The van der Waals surface area contributed by atoms with Crippen molar-refractivity contribution >= 4 is 17.3 Å². The lowest BCUT2D eigenvalue weighted by Crippen LogP contribution is -1.91. The predicted molar refractivity (Wildman–Crippen MR) is 76.2 cm³/mol. The van der Waals surface area contributed by atoms with Crippen LogP contribution in [-0.4, -0.2) is 15.2 Å². The molecule has 1 aromatic heterocycles. The van der Waals surface area contributed by atoms with Crippen molar-refractivity contribution in [3.05, 3.63) is 47.2 Å². The number of anilines is 1. The molecule has 0 aliphatic carbocycles. The third-order valence-corrected chi connectivity index (χ3v) is 3.24. The van der Waals surface area contributed by atoms with Gasteiger partial charge in [-0.25, -0.2) is 4.39 Å². The molecule has 5 nitrogen and oxygen atoms in total. The van der Waals surface area contributed by atoms with Crippen LogP contribution in [0.15, 0.2) is 40.9 Å². The number of phenols is 1. The van der Waals surface area contributed by atoms with Crippen LogP contribution in [0.4, 0.5) is 10.1 Å². The zero-order valence-electron chi connectivity index (χ0n) is 10.5. The average molecular weight is 306 g/mol. The number of nitrogens with two attached hydrogens (primary N) is 1. The number of rotatable bonds is 2. The van der Waals surface area contributed by atoms with E-state index in [0.29, 0.717) is 21.8 Å². The number of aromatic nitrogens is 2. The molecule has 2 aromatic carbocycles. The van der Waals surface area contributed by atoms with Gasteiger partial charge in [-0.05, 0) is 30.3 Å². The first-order valence-corrected chi connectivity index (χ1v) is 6.31. The van der Waals surface area contributed by atoms with Crippen LogP contribution in [0.25, 0.3) is 22.8 Å². The van der Waals surface area contributed by atoms with Gasteiger partial charge in [-0.15, -0.1) is 0 Å². The Labute approximate surface area is 123 Å². The Hall–Kier alpha value is -2.60. The number of aromatic hydroxyl groups is 1. The van der Waals surface area contributed by atoms with Gasteiger partial charge in [-0.2, -0.15) is 4.98 Å². The van der Waals surface area contributed by atoms with Crippen molar-refractivity contribution in [2.24, 2.45) is 0 Å². The second-order valence-electron chi connectivity index (χ2n) is 4.29. The van der Waals surface area contributed by atoms with Crippen LogP contribution >= 0.6 is 11.6 Å². The molecule has 3 N–H and O–H groups in total. The standard InChI is InChI=1S/C14H9ClFN3O2/c15-9-3-1-2-8(12(9)17)14-18-13(19-21-14)7-4-5-11(20)10(16)6-7/h1-6,20H,17H2. The molecular weight excluding hydrogens is 297 g/mol. The van der Waals surface area contributed by atoms with Crippen LogP contribution in [0, 0.1) is 5.82 Å². The minimum atomic E-state index is -0.763. The zero-order chi connectivity index (χ0) is 15.0. The van der Waals surface area contributed by atoms with E-state index in [9.17, 15) is 9.50 Å². The molecule has 0 saturated heterocycles. The van der Waals surface area contributed by atoms with Crippen LogP contribution in [0.3, 0.4) is 0 Å². The van der Waals surface area contributed by atoms with Gasteiger partial charge < -0.3 is 15.4 Å². The highest BCUT2D eigenvalue weighted by molar-refractivity contribution is 6.33. The minimum Gasteiger partial charge on any atom is -0.505 e. The lowest BCUT2D eigenvalue weighted by Gasteiger charge is -2.01. The topological polar surface area (TPSA) is 85.2 Å². The van der Waals surface area contributed by atoms with Crippen molar-refractivity contribution in [1.29, 1.82) is 0 Å². The molecule has 21 heavy (non-hydrogen) atoms. The number of benzene rings is 2. The second kappa shape index (κ2) is 5.06. The molecule has 0 radical (unpaired) electrons. The smallest absolute Gasteiger partial charge is 0.260 e. The van der Waals surface area contributed by atoms with Gasteiger partial charge in [0, 0.05) is 5.56 Å². The Morgan fingerprint density at radius 1 is 1.24 bits per heavy atom. The second-order valence-corrected chi connectivity index (χ2v) is 4.70. The summed E-state index contributed by atoms with van der Waals surface area (Å²) < 4.78 is 18.5. The van der Waals surface area contributed by atoms with Gasteiger partial charge in [0.2, 0.25) is 5.82 Å². The first-order valence-electron chi connectivity index (χ1n) is 5.93. The summed E-state index contributed by atoms with van der Waals surface area (Å²) in [6.45, 7) is 0. The van der Waals surface area contributed by atoms with Gasteiger partial charge in [-0.1, -0.05) is 22.8 Å². The number of para-hydroxylation sites is 1. The summed E-state index contributed by atoms with van der Waals surface area (Å²) in [5.74, 6) is -0.843. The maximum Gasteiger partial charge on any atom is 0.260 e. The molecule has 7 heteroatoms. The maximum atomic E-state index is 13.3. The van der Waals surface area contributed by atoms with E-state index in [1.54, 1.807) is 18.2 Å². The molecule has 3 aromatic rings. The molecule has 0 bridgehead atoms. The molecule has 0 aliphatic heterocycles. The van der Waals surface area contributed by atoms with Crippen LogP contribution < -0.4 is 5.73 Å². The van der Waals surface area contributed by atoms with Crippen LogP contribution in [0.1, 0.15) is 0 Å². The van der Waals surface area contributed by atoms with Crippen LogP contribution in [0.2, 0.25) is 5.02 Å². The number of hydrogen-bond acceptors (Lipinski definition) is 5. The first kappa shape index (κ1) is 13.4. The Morgan fingerprint density at radius 2 is 2.05 bits per heavy atom. The van der Waals surface area contributed by atoms with Gasteiger partial charge >= 0.3 is 0 Å². The number of nitrogen functional groups attached to an aromatic ring is 1. The van der Waals surface area contributed by atoms with E-state index in [-0.39, 0.29) is 11.7 Å². The number of phenolic OH excluding ortho intramolecular Hbond substituents is 1. The number of hydrogen-bond donors (Lipinski definition) is 2. The van der Waals surface area contributed by atoms with Gasteiger partial charge in [0.1, 0.15) is 0 Å². The Balaban J connectivity index is 2.03. The average Bonchev–Trinajstić information content (AvgIpc) is 2.94. The van der Waals surface area contributed by atoms with Crippen molar-refractivity contribution in [2.45, 2.75) is 0 Å². The fourth-order valence-corrected chi connectivity index (χ4v) is 1.99. The van der Waals surface area contributed by atoms with E-state index in [2.05, 4.69) is 10.1 Å². The van der Waals surface area contributed by atoms with E-state index in [1.165, 1.54) is 12.1 Å².